The number of carboxylic acids is 1. The van der Waals surface area contributed by atoms with Crippen molar-refractivity contribution in [2.45, 2.75) is 34.1 Å². The summed E-state index contributed by atoms with van der Waals surface area (Å²) in [5, 5.41) is 9.34. The first-order valence-corrected chi connectivity index (χ1v) is 8.07. The van der Waals surface area contributed by atoms with Crippen LogP contribution >= 0.6 is 11.3 Å². The summed E-state index contributed by atoms with van der Waals surface area (Å²) in [6.07, 6.45) is 0.672. The number of aromatic nitrogens is 2. The molecule has 3 aromatic rings. The third-order valence-corrected chi connectivity index (χ3v) is 5.04. The molecule has 0 radical (unpaired) electrons. The highest BCUT2D eigenvalue weighted by atomic mass is 32.1. The van der Waals surface area contributed by atoms with Crippen molar-refractivity contribution >= 4 is 22.3 Å². The van der Waals surface area contributed by atoms with E-state index in [1.54, 1.807) is 0 Å². The number of hydrogen-bond donors (Lipinski definition) is 1. The van der Waals surface area contributed by atoms with Crippen molar-refractivity contribution in [3.63, 3.8) is 0 Å². The van der Waals surface area contributed by atoms with Crippen LogP contribution in [0.1, 0.15) is 39.1 Å². The summed E-state index contributed by atoms with van der Waals surface area (Å²) < 4.78 is 1.99. The van der Waals surface area contributed by atoms with Crippen LogP contribution in [0.15, 0.2) is 18.2 Å². The second kappa shape index (κ2) is 5.25. The van der Waals surface area contributed by atoms with Crippen molar-refractivity contribution in [2.75, 3.05) is 0 Å². The molecule has 1 N–H and O–H groups in total. The molecule has 0 aliphatic heterocycles. The van der Waals surface area contributed by atoms with E-state index < -0.39 is 5.97 Å². The molecular formula is C17H18N2O2S. The van der Waals surface area contributed by atoms with Crippen LogP contribution in [0.2, 0.25) is 0 Å². The summed E-state index contributed by atoms with van der Waals surface area (Å²) >= 11 is 1.25. The Kier molecular flexibility index (Phi) is 3.53. The Morgan fingerprint density at radius 1 is 1.32 bits per heavy atom. The second-order valence-corrected chi connectivity index (χ2v) is 6.50. The molecule has 114 valence electrons. The van der Waals surface area contributed by atoms with Crippen molar-refractivity contribution in [1.82, 2.24) is 9.38 Å². The first kappa shape index (κ1) is 14.8. The van der Waals surface area contributed by atoms with Crippen LogP contribution in [-0.4, -0.2) is 20.5 Å². The molecule has 2 aromatic heterocycles. The summed E-state index contributed by atoms with van der Waals surface area (Å²) in [6, 6.07) is 6.32. The minimum Gasteiger partial charge on any atom is -0.477 e. The number of rotatable bonds is 3. The van der Waals surface area contributed by atoms with Gasteiger partial charge in [0.05, 0.1) is 5.69 Å². The lowest BCUT2D eigenvalue weighted by molar-refractivity contribution is 0.0700. The monoisotopic (exact) mass is 314 g/mol. The maximum absolute atomic E-state index is 11.4. The van der Waals surface area contributed by atoms with Crippen LogP contribution in [0.4, 0.5) is 0 Å². The lowest BCUT2D eigenvalue weighted by Gasteiger charge is -2.06. The SMILES string of the molecule is CCc1c(C(=O)O)sc2nc(-c3ccc(C)cc3C)c(C)n12. The molecule has 0 saturated heterocycles. The van der Waals surface area contributed by atoms with Crippen molar-refractivity contribution in [1.29, 1.82) is 0 Å². The highest BCUT2D eigenvalue weighted by Crippen LogP contribution is 2.32. The van der Waals surface area contributed by atoms with Gasteiger partial charge in [0.25, 0.3) is 0 Å². The summed E-state index contributed by atoms with van der Waals surface area (Å²) in [7, 11) is 0. The summed E-state index contributed by atoms with van der Waals surface area (Å²) in [5.41, 5.74) is 6.29. The predicted molar refractivity (Wildman–Crippen MR) is 89.1 cm³/mol. The van der Waals surface area contributed by atoms with Gasteiger partial charge in [-0.1, -0.05) is 42.0 Å². The number of aryl methyl sites for hydroxylation is 4. The van der Waals surface area contributed by atoms with Crippen LogP contribution in [0.5, 0.6) is 0 Å². The smallest absolute Gasteiger partial charge is 0.347 e. The Morgan fingerprint density at radius 3 is 2.64 bits per heavy atom. The quantitative estimate of drug-likeness (QED) is 0.786. The Morgan fingerprint density at radius 2 is 2.05 bits per heavy atom. The van der Waals surface area contributed by atoms with Crippen LogP contribution < -0.4 is 0 Å². The minimum absolute atomic E-state index is 0.389. The number of benzene rings is 1. The van der Waals surface area contributed by atoms with Crippen LogP contribution in [0, 0.1) is 20.8 Å². The largest absolute Gasteiger partial charge is 0.477 e. The van der Waals surface area contributed by atoms with Crippen LogP contribution in [0.3, 0.4) is 0 Å². The maximum atomic E-state index is 11.4. The molecule has 0 spiro atoms. The fourth-order valence-electron chi connectivity index (χ4n) is 2.93. The fourth-order valence-corrected chi connectivity index (χ4v) is 4.03. The van der Waals surface area contributed by atoms with E-state index in [-0.39, 0.29) is 0 Å². The maximum Gasteiger partial charge on any atom is 0.347 e. The van der Waals surface area contributed by atoms with Crippen molar-refractivity contribution in [3.05, 3.63) is 45.6 Å². The molecule has 2 heterocycles. The van der Waals surface area contributed by atoms with Gasteiger partial charge in [-0.05, 0) is 32.8 Å². The summed E-state index contributed by atoms with van der Waals surface area (Å²) in [4.78, 5) is 17.2. The number of fused-ring (bicyclic) bond motifs is 1. The van der Waals surface area contributed by atoms with Gasteiger partial charge in [-0.3, -0.25) is 4.40 Å². The average molecular weight is 314 g/mol. The first-order valence-electron chi connectivity index (χ1n) is 7.25. The molecule has 0 saturated carbocycles. The number of carboxylic acid groups (broad SMARTS) is 1. The molecule has 0 bridgehead atoms. The number of imidazole rings is 1. The van der Waals surface area contributed by atoms with Gasteiger partial charge in [0.15, 0.2) is 4.96 Å². The molecule has 0 aliphatic rings. The molecule has 0 atom stereocenters. The van der Waals surface area contributed by atoms with E-state index in [1.807, 2.05) is 18.2 Å². The third kappa shape index (κ3) is 2.13. The fraction of sp³-hybridized carbons (Fsp3) is 0.294. The molecule has 0 amide bonds. The molecule has 1 aromatic carbocycles. The summed E-state index contributed by atoms with van der Waals surface area (Å²) in [5.74, 6) is -0.875. The number of thiazole rings is 1. The Hall–Kier alpha value is -2.14. The molecule has 0 fully saturated rings. The van der Waals surface area contributed by atoms with Gasteiger partial charge in [0, 0.05) is 17.0 Å². The Labute approximate surface area is 133 Å². The van der Waals surface area contributed by atoms with Gasteiger partial charge in [-0.15, -0.1) is 0 Å². The van der Waals surface area contributed by atoms with Gasteiger partial charge in [0.2, 0.25) is 0 Å². The van der Waals surface area contributed by atoms with E-state index >= 15 is 0 Å². The minimum atomic E-state index is -0.875. The van der Waals surface area contributed by atoms with E-state index in [0.717, 1.165) is 27.6 Å². The topological polar surface area (TPSA) is 54.6 Å². The molecule has 0 aliphatic carbocycles. The number of hydrogen-bond acceptors (Lipinski definition) is 3. The van der Waals surface area contributed by atoms with Gasteiger partial charge < -0.3 is 5.11 Å². The van der Waals surface area contributed by atoms with Crippen LogP contribution in [-0.2, 0) is 6.42 Å². The number of nitrogens with zero attached hydrogens (tertiary/aromatic N) is 2. The van der Waals surface area contributed by atoms with Crippen molar-refractivity contribution < 1.29 is 9.90 Å². The molecule has 22 heavy (non-hydrogen) atoms. The molecule has 0 unspecified atom stereocenters. The first-order chi connectivity index (χ1) is 10.4. The predicted octanol–water partition coefficient (Wildman–Crippen LogP) is 4.25. The van der Waals surface area contributed by atoms with E-state index in [2.05, 4.69) is 32.0 Å². The van der Waals surface area contributed by atoms with Crippen LogP contribution in [0.25, 0.3) is 16.2 Å². The molecular weight excluding hydrogens is 296 g/mol. The van der Waals surface area contributed by atoms with Gasteiger partial charge in [-0.25, -0.2) is 9.78 Å². The van der Waals surface area contributed by atoms with Gasteiger partial charge in [-0.2, -0.15) is 0 Å². The highest BCUT2D eigenvalue weighted by molar-refractivity contribution is 7.19. The summed E-state index contributed by atoms with van der Waals surface area (Å²) in [6.45, 7) is 8.14. The Bertz CT molecular complexity index is 890. The lowest BCUT2D eigenvalue weighted by Crippen LogP contribution is -2.01. The van der Waals surface area contributed by atoms with Gasteiger partial charge in [0.1, 0.15) is 4.88 Å². The second-order valence-electron chi connectivity index (χ2n) is 5.52. The Balaban J connectivity index is 2.27. The molecule has 5 heteroatoms. The highest BCUT2D eigenvalue weighted by Gasteiger charge is 2.22. The lowest BCUT2D eigenvalue weighted by atomic mass is 10.0. The van der Waals surface area contributed by atoms with Gasteiger partial charge >= 0.3 is 5.97 Å². The zero-order valence-corrected chi connectivity index (χ0v) is 13.9. The van der Waals surface area contributed by atoms with Crippen molar-refractivity contribution in [2.24, 2.45) is 0 Å². The third-order valence-electron chi connectivity index (χ3n) is 3.97. The van der Waals surface area contributed by atoms with E-state index in [9.17, 15) is 9.90 Å². The van der Waals surface area contributed by atoms with E-state index in [0.29, 0.717) is 11.3 Å². The zero-order chi connectivity index (χ0) is 16.0. The molecule has 4 nitrogen and oxygen atoms in total. The van der Waals surface area contributed by atoms with E-state index in [1.165, 1.54) is 22.5 Å². The van der Waals surface area contributed by atoms with Crippen molar-refractivity contribution in [3.8, 4) is 11.3 Å². The van der Waals surface area contributed by atoms with E-state index in [4.69, 9.17) is 4.98 Å². The average Bonchev–Trinajstić information content (AvgIpc) is 2.96. The number of aromatic carboxylic acids is 1. The normalized spacial score (nSPS) is 11.3. The standard InChI is InChI=1S/C17H18N2O2S/c1-5-13-15(16(20)21)22-17-18-14(11(4)19(13)17)12-7-6-9(2)8-10(12)3/h6-8H,5H2,1-4H3,(H,20,21). The number of carbonyl (C=O) groups is 1. The molecule has 3 rings (SSSR count). The zero-order valence-electron chi connectivity index (χ0n) is 13.1.